The molecule has 0 radical (unpaired) electrons. The molecule has 1 amide bonds. The van der Waals surface area contributed by atoms with Gasteiger partial charge in [-0.25, -0.2) is 15.0 Å². The number of halogens is 1. The van der Waals surface area contributed by atoms with Crippen LogP contribution in [-0.2, 0) is 10.3 Å². The Kier molecular flexibility index (Phi) is 8.52. The zero-order valence-electron chi connectivity index (χ0n) is 26.4. The number of hydrogen-bond donors (Lipinski definition) is 1. The number of hydrogen-bond acceptors (Lipinski definition) is 6. The molecule has 0 aliphatic heterocycles. The number of aromatic nitrogens is 4. The largest absolute Gasteiger partial charge is 0.497 e. The Morgan fingerprint density at radius 1 is 0.854 bits per heavy atom. The van der Waals surface area contributed by atoms with Crippen LogP contribution in [0.2, 0.25) is 0 Å². The van der Waals surface area contributed by atoms with Gasteiger partial charge in [0, 0.05) is 17.4 Å². The molecule has 2 aromatic heterocycles. The normalized spacial score (nSPS) is 17.5. The van der Waals surface area contributed by atoms with E-state index in [1.54, 1.807) is 37.7 Å². The van der Waals surface area contributed by atoms with E-state index in [0.717, 1.165) is 28.0 Å². The highest BCUT2D eigenvalue weighted by molar-refractivity contribution is 6.06. The predicted octanol–water partition coefficient (Wildman–Crippen LogP) is 7.41. The lowest BCUT2D eigenvalue weighted by Gasteiger charge is -2.48. The summed E-state index contributed by atoms with van der Waals surface area (Å²) >= 11 is 0. The second-order valence-electron chi connectivity index (χ2n) is 11.8. The molecule has 0 unspecified atom stereocenters. The van der Waals surface area contributed by atoms with Crippen LogP contribution in [0.4, 0.5) is 10.2 Å². The van der Waals surface area contributed by atoms with Crippen molar-refractivity contribution in [1.29, 1.82) is 0 Å². The topological polar surface area (TPSA) is 91.2 Å². The van der Waals surface area contributed by atoms with E-state index in [9.17, 15) is 9.18 Å². The number of fused-ring (bicyclic) bond motifs is 1. The number of anilines is 1. The Labute approximate surface area is 277 Å². The van der Waals surface area contributed by atoms with Crippen LogP contribution in [-0.4, -0.2) is 45.8 Å². The highest BCUT2D eigenvalue weighted by Gasteiger charge is 2.48. The standard InChI is InChI=1S/C39H34FN5O3/c1-26-33(23-48-39(28-14-8-4-9-15-28,29-16-10-5-11-17-29)30-18-20-31(47-2)21-19-30)32(22-40)35(26)45-25-43-34-36(41-24-42-37(34)45)44-38(46)27-12-6-3-7-13-27/h3-21,24-25,32-33,35H,1,22-23H2,2H3,(H,41,42,44,46)/t32-,33+,35-/m1/s1. The molecule has 1 fully saturated rings. The number of carbonyl (C=O) groups excluding carboxylic acids is 1. The zero-order chi connectivity index (χ0) is 33.1. The van der Waals surface area contributed by atoms with Crippen molar-refractivity contribution in [1.82, 2.24) is 19.5 Å². The van der Waals surface area contributed by atoms with Crippen molar-refractivity contribution in [2.45, 2.75) is 11.6 Å². The Bertz CT molecular complexity index is 2000. The van der Waals surface area contributed by atoms with Gasteiger partial charge in [0.25, 0.3) is 5.91 Å². The van der Waals surface area contributed by atoms with E-state index in [4.69, 9.17) is 9.47 Å². The summed E-state index contributed by atoms with van der Waals surface area (Å²) in [5.74, 6) is -0.00647. The maximum atomic E-state index is 15.0. The van der Waals surface area contributed by atoms with Gasteiger partial charge in [0.05, 0.1) is 32.8 Å². The second-order valence-corrected chi connectivity index (χ2v) is 11.8. The molecule has 48 heavy (non-hydrogen) atoms. The number of rotatable bonds is 11. The van der Waals surface area contributed by atoms with E-state index >= 15 is 0 Å². The highest BCUT2D eigenvalue weighted by Crippen LogP contribution is 2.51. The van der Waals surface area contributed by atoms with E-state index < -0.39 is 24.2 Å². The van der Waals surface area contributed by atoms with Gasteiger partial charge >= 0.3 is 0 Å². The van der Waals surface area contributed by atoms with Gasteiger partial charge in [-0.15, -0.1) is 0 Å². The van der Waals surface area contributed by atoms with Crippen LogP contribution >= 0.6 is 0 Å². The molecule has 0 bridgehead atoms. The van der Waals surface area contributed by atoms with E-state index in [-0.39, 0.29) is 24.2 Å². The summed E-state index contributed by atoms with van der Waals surface area (Å²) in [5, 5.41) is 2.84. The molecule has 8 nitrogen and oxygen atoms in total. The summed E-state index contributed by atoms with van der Waals surface area (Å²) in [6.45, 7) is 4.04. The molecule has 2 heterocycles. The summed E-state index contributed by atoms with van der Waals surface area (Å²) < 4.78 is 29.3. The minimum Gasteiger partial charge on any atom is -0.497 e. The van der Waals surface area contributed by atoms with E-state index in [2.05, 4.69) is 26.8 Å². The first-order valence-corrected chi connectivity index (χ1v) is 15.7. The smallest absolute Gasteiger partial charge is 0.256 e. The lowest BCUT2D eigenvalue weighted by molar-refractivity contribution is -0.0373. The van der Waals surface area contributed by atoms with Gasteiger partial charge in [0.15, 0.2) is 17.0 Å². The molecule has 1 aliphatic rings. The van der Waals surface area contributed by atoms with Crippen LogP contribution in [0.3, 0.4) is 0 Å². The van der Waals surface area contributed by atoms with Gasteiger partial charge in [0.2, 0.25) is 0 Å². The number of imidazole rings is 1. The van der Waals surface area contributed by atoms with Gasteiger partial charge in [0.1, 0.15) is 17.7 Å². The molecule has 4 aromatic carbocycles. The first kappa shape index (κ1) is 31.0. The molecular formula is C39H34FN5O3. The van der Waals surface area contributed by atoms with Crippen molar-refractivity contribution >= 4 is 22.9 Å². The maximum Gasteiger partial charge on any atom is 0.256 e. The van der Waals surface area contributed by atoms with Crippen molar-refractivity contribution in [2.75, 3.05) is 25.7 Å². The lowest BCUT2D eigenvalue weighted by atomic mass is 9.66. The van der Waals surface area contributed by atoms with Crippen LogP contribution in [0.15, 0.2) is 140 Å². The Hall–Kier alpha value is -5.67. The fraction of sp³-hybridized carbons (Fsp3) is 0.179. The van der Waals surface area contributed by atoms with Gasteiger partial charge in [-0.1, -0.05) is 97.6 Å². The fourth-order valence-corrected chi connectivity index (χ4v) is 6.73. The Morgan fingerprint density at radius 2 is 1.46 bits per heavy atom. The highest BCUT2D eigenvalue weighted by atomic mass is 19.1. The predicted molar refractivity (Wildman–Crippen MR) is 183 cm³/mol. The Morgan fingerprint density at radius 3 is 2.06 bits per heavy atom. The van der Waals surface area contributed by atoms with Gasteiger partial charge < -0.3 is 19.4 Å². The van der Waals surface area contributed by atoms with E-state index in [0.29, 0.717) is 16.7 Å². The molecule has 6 aromatic rings. The number of amides is 1. The van der Waals surface area contributed by atoms with Crippen molar-refractivity contribution in [3.63, 3.8) is 0 Å². The van der Waals surface area contributed by atoms with Crippen LogP contribution in [0.25, 0.3) is 11.2 Å². The molecule has 0 saturated heterocycles. The van der Waals surface area contributed by atoms with Crippen LogP contribution in [0.5, 0.6) is 5.75 Å². The van der Waals surface area contributed by atoms with Crippen LogP contribution < -0.4 is 10.1 Å². The molecule has 240 valence electrons. The summed E-state index contributed by atoms with van der Waals surface area (Å²) in [5.41, 5.74) is 4.03. The lowest BCUT2D eigenvalue weighted by Crippen LogP contribution is -2.46. The first-order chi connectivity index (χ1) is 23.5. The van der Waals surface area contributed by atoms with Gasteiger partial charge in [-0.2, -0.15) is 0 Å². The molecule has 1 saturated carbocycles. The average Bonchev–Trinajstić information content (AvgIpc) is 3.57. The third-order valence-electron chi connectivity index (χ3n) is 9.22. The fourth-order valence-electron chi connectivity index (χ4n) is 6.73. The zero-order valence-corrected chi connectivity index (χ0v) is 26.4. The van der Waals surface area contributed by atoms with Gasteiger partial charge in [-0.05, 0) is 46.5 Å². The first-order valence-electron chi connectivity index (χ1n) is 15.7. The van der Waals surface area contributed by atoms with Crippen LogP contribution in [0, 0.1) is 11.8 Å². The van der Waals surface area contributed by atoms with E-state index in [1.165, 1.54) is 6.33 Å². The molecule has 0 spiro atoms. The Balaban J connectivity index is 1.19. The third kappa shape index (κ3) is 5.42. The number of nitrogens with zero attached hydrogens (tertiary/aromatic N) is 4. The molecular weight excluding hydrogens is 605 g/mol. The SMILES string of the molecule is C=C1[C@@H](n2cnc3c(NC(=O)c4ccccc4)ncnc32)[C@H](CF)[C@H]1COC(c1ccccc1)(c1ccccc1)c1ccc(OC)cc1. The summed E-state index contributed by atoms with van der Waals surface area (Å²) in [6.07, 6.45) is 2.99. The molecule has 1 N–H and O–H groups in total. The summed E-state index contributed by atoms with van der Waals surface area (Å²) in [6, 6.07) is 36.4. The van der Waals surface area contributed by atoms with Crippen molar-refractivity contribution in [3.8, 4) is 5.75 Å². The van der Waals surface area contributed by atoms with Crippen molar-refractivity contribution in [3.05, 3.63) is 162 Å². The molecule has 3 atom stereocenters. The number of benzene rings is 4. The number of nitrogens with one attached hydrogen (secondary N) is 1. The summed E-state index contributed by atoms with van der Waals surface area (Å²) in [7, 11) is 1.64. The maximum absolute atomic E-state index is 15.0. The minimum atomic E-state index is -0.984. The van der Waals surface area contributed by atoms with Crippen LogP contribution in [0.1, 0.15) is 33.1 Å². The second kappa shape index (κ2) is 13.2. The molecule has 9 heteroatoms. The van der Waals surface area contributed by atoms with E-state index in [1.807, 2.05) is 95.6 Å². The quantitative estimate of drug-likeness (QED) is 0.117. The van der Waals surface area contributed by atoms with Crippen molar-refractivity contribution in [2.24, 2.45) is 11.8 Å². The third-order valence-corrected chi connectivity index (χ3v) is 9.22. The number of alkyl halides is 1. The molecule has 7 rings (SSSR count). The van der Waals surface area contributed by atoms with Crippen molar-refractivity contribution < 1.29 is 18.7 Å². The minimum absolute atomic E-state index is 0.222. The number of carbonyl (C=O) groups is 1. The summed E-state index contributed by atoms with van der Waals surface area (Å²) in [4.78, 5) is 26.1. The monoisotopic (exact) mass is 639 g/mol. The van der Waals surface area contributed by atoms with Gasteiger partial charge in [-0.3, -0.25) is 9.18 Å². The number of methoxy groups -OCH3 is 1. The molecule has 1 aliphatic carbocycles. The number of ether oxygens (including phenoxy) is 2. The average molecular weight is 640 g/mol.